The van der Waals surface area contributed by atoms with Gasteiger partial charge in [0.15, 0.2) is 0 Å². The van der Waals surface area contributed by atoms with E-state index in [0.29, 0.717) is 0 Å². The zero-order valence-electron chi connectivity index (χ0n) is 4.32. The van der Waals surface area contributed by atoms with Crippen LogP contribution in [0.3, 0.4) is 0 Å². The first-order valence-electron chi connectivity index (χ1n) is 2.28. The molecule has 44 valence electrons. The fraction of sp³-hybridized carbons (Fsp3) is 1.00. The van der Waals surface area contributed by atoms with E-state index in [1.165, 1.54) is 0 Å². The molecule has 0 aliphatic heterocycles. The molecule has 0 aromatic rings. The van der Waals surface area contributed by atoms with Gasteiger partial charge in [-0.25, -0.2) is 0 Å². The van der Waals surface area contributed by atoms with Gasteiger partial charge in [-0.1, -0.05) is 29.5 Å². The average Bonchev–Trinajstić information content (AvgIpc) is 1.68. The van der Waals surface area contributed by atoms with E-state index in [2.05, 4.69) is 27.9 Å². The van der Waals surface area contributed by atoms with Gasteiger partial charge in [-0.3, -0.25) is 5.32 Å². The van der Waals surface area contributed by atoms with Crippen LogP contribution in [0, 0.1) is 0 Å². The largest absolute Gasteiger partial charge is 0.378 e. The van der Waals surface area contributed by atoms with E-state index in [1.54, 1.807) is 0 Å². The van der Waals surface area contributed by atoms with Crippen molar-refractivity contribution in [3.8, 4) is 0 Å². The van der Waals surface area contributed by atoms with Crippen LogP contribution in [0.2, 0.25) is 0 Å². The number of nitrogens with one attached hydrogen (secondary N) is 1. The zero-order chi connectivity index (χ0) is 5.70. The predicted molar refractivity (Wildman–Crippen MR) is 38.6 cm³/mol. The Morgan fingerprint density at radius 3 is 2.57 bits per heavy atom. The summed E-state index contributed by atoms with van der Waals surface area (Å²) in [4.78, 5) is 0. The van der Waals surface area contributed by atoms with Crippen molar-refractivity contribution in [3.05, 3.63) is 0 Å². The summed E-state index contributed by atoms with van der Waals surface area (Å²) < 4.78 is 0.756. The van der Waals surface area contributed by atoms with E-state index >= 15 is 0 Å². The van der Waals surface area contributed by atoms with E-state index < -0.39 is 0 Å². The van der Waals surface area contributed by atoms with Crippen LogP contribution in [0.4, 0.5) is 0 Å². The molecule has 0 fully saturated rings. The molecule has 0 spiro atoms. The Balaban J connectivity index is 2.83. The molecule has 0 radical (unpaired) electrons. The molecule has 0 aliphatic rings. The van der Waals surface area contributed by atoms with Gasteiger partial charge >= 0.3 is 0 Å². The maximum absolute atomic E-state index is 8.74. The molecule has 0 aromatic heterocycles. The lowest BCUT2D eigenvalue weighted by Crippen LogP contribution is -2.29. The summed E-state index contributed by atoms with van der Waals surface area (Å²) in [7, 11) is 0. The summed E-state index contributed by atoms with van der Waals surface area (Å²) in [6, 6.07) is 0. The summed E-state index contributed by atoms with van der Waals surface area (Å²) in [6.45, 7) is 2.81. The molecule has 0 saturated heterocycles. The fourth-order valence-electron chi connectivity index (χ4n) is 0.290. The Morgan fingerprint density at radius 1 is 1.86 bits per heavy atom. The van der Waals surface area contributed by atoms with Gasteiger partial charge in [0.25, 0.3) is 0 Å². The SMILES string of the molecule is CCNC(O)CI. The standard InChI is InChI=1S/C4H10INO/c1-2-6-4(7)3-5/h4,6-7H,2-3H2,1H3. The highest BCUT2D eigenvalue weighted by atomic mass is 127. The highest BCUT2D eigenvalue weighted by Gasteiger charge is 1.93. The second-order valence-electron chi connectivity index (χ2n) is 1.23. The fourth-order valence-corrected chi connectivity index (χ4v) is 0.602. The van der Waals surface area contributed by atoms with Crippen LogP contribution in [-0.2, 0) is 0 Å². The van der Waals surface area contributed by atoms with Crippen molar-refractivity contribution in [2.24, 2.45) is 0 Å². The topological polar surface area (TPSA) is 32.3 Å². The lowest BCUT2D eigenvalue weighted by molar-refractivity contribution is 0.167. The molecule has 7 heavy (non-hydrogen) atoms. The summed E-state index contributed by atoms with van der Waals surface area (Å²) in [5.41, 5.74) is 0. The number of rotatable bonds is 3. The minimum atomic E-state index is -0.314. The van der Waals surface area contributed by atoms with Gasteiger partial charge in [0.2, 0.25) is 0 Å². The third-order valence-electron chi connectivity index (χ3n) is 0.586. The molecule has 0 bridgehead atoms. The molecule has 0 aliphatic carbocycles. The van der Waals surface area contributed by atoms with E-state index in [9.17, 15) is 0 Å². The van der Waals surface area contributed by atoms with Gasteiger partial charge in [-0.05, 0) is 6.54 Å². The molecule has 2 N–H and O–H groups in total. The molecular weight excluding hydrogens is 205 g/mol. The maximum atomic E-state index is 8.74. The Bertz CT molecular complexity index is 42.7. The van der Waals surface area contributed by atoms with Crippen LogP contribution in [0.5, 0.6) is 0 Å². The molecule has 0 heterocycles. The van der Waals surface area contributed by atoms with Crippen molar-refractivity contribution in [2.75, 3.05) is 11.0 Å². The number of hydrogen-bond donors (Lipinski definition) is 2. The third-order valence-corrected chi connectivity index (χ3v) is 1.42. The van der Waals surface area contributed by atoms with Gasteiger partial charge in [0, 0.05) is 4.43 Å². The Morgan fingerprint density at radius 2 is 2.43 bits per heavy atom. The van der Waals surface area contributed by atoms with Crippen molar-refractivity contribution >= 4 is 22.6 Å². The van der Waals surface area contributed by atoms with Crippen LogP contribution < -0.4 is 5.32 Å². The van der Waals surface area contributed by atoms with Gasteiger partial charge < -0.3 is 5.11 Å². The summed E-state index contributed by atoms with van der Waals surface area (Å²) >= 11 is 2.12. The van der Waals surface area contributed by atoms with Gasteiger partial charge in [-0.15, -0.1) is 0 Å². The summed E-state index contributed by atoms with van der Waals surface area (Å²) in [5.74, 6) is 0. The Kier molecular flexibility index (Phi) is 5.25. The first-order chi connectivity index (χ1) is 3.31. The minimum absolute atomic E-state index is 0.314. The van der Waals surface area contributed by atoms with Crippen molar-refractivity contribution in [3.63, 3.8) is 0 Å². The smallest absolute Gasteiger partial charge is 0.113 e. The lowest BCUT2D eigenvalue weighted by Gasteiger charge is -2.04. The molecule has 0 saturated carbocycles. The van der Waals surface area contributed by atoms with E-state index in [0.717, 1.165) is 11.0 Å². The van der Waals surface area contributed by atoms with Crippen LogP contribution >= 0.6 is 22.6 Å². The molecule has 0 rings (SSSR count). The average molecular weight is 215 g/mol. The van der Waals surface area contributed by atoms with E-state index in [1.807, 2.05) is 6.92 Å². The zero-order valence-corrected chi connectivity index (χ0v) is 6.47. The number of aliphatic hydroxyl groups is 1. The van der Waals surface area contributed by atoms with Crippen LogP contribution in [-0.4, -0.2) is 22.3 Å². The Labute approximate surface area is 57.4 Å². The molecule has 1 unspecified atom stereocenters. The van der Waals surface area contributed by atoms with Crippen LogP contribution in [0.1, 0.15) is 6.92 Å². The third kappa shape index (κ3) is 4.50. The molecular formula is C4H10INO. The number of halogens is 1. The summed E-state index contributed by atoms with van der Waals surface area (Å²) in [5, 5.41) is 11.6. The van der Waals surface area contributed by atoms with Crippen LogP contribution in [0.25, 0.3) is 0 Å². The van der Waals surface area contributed by atoms with Crippen LogP contribution in [0.15, 0.2) is 0 Å². The van der Waals surface area contributed by atoms with E-state index in [-0.39, 0.29) is 6.23 Å². The highest BCUT2D eigenvalue weighted by Crippen LogP contribution is 1.83. The second-order valence-corrected chi connectivity index (χ2v) is 2.11. The van der Waals surface area contributed by atoms with E-state index in [4.69, 9.17) is 5.11 Å². The van der Waals surface area contributed by atoms with Crippen molar-refractivity contribution in [2.45, 2.75) is 13.2 Å². The lowest BCUT2D eigenvalue weighted by atomic mass is 10.6. The minimum Gasteiger partial charge on any atom is -0.378 e. The molecule has 0 amide bonds. The summed E-state index contributed by atoms with van der Waals surface area (Å²) in [6.07, 6.45) is -0.314. The van der Waals surface area contributed by atoms with Crippen molar-refractivity contribution < 1.29 is 5.11 Å². The van der Waals surface area contributed by atoms with Crippen molar-refractivity contribution in [1.29, 1.82) is 0 Å². The normalized spacial score (nSPS) is 14.1. The molecule has 3 heteroatoms. The van der Waals surface area contributed by atoms with Gasteiger partial charge in [0.1, 0.15) is 6.23 Å². The van der Waals surface area contributed by atoms with Crippen molar-refractivity contribution in [1.82, 2.24) is 5.32 Å². The second kappa shape index (κ2) is 4.80. The predicted octanol–water partition coefficient (Wildman–Crippen LogP) is 0.349. The number of hydrogen-bond acceptors (Lipinski definition) is 2. The van der Waals surface area contributed by atoms with Gasteiger partial charge in [-0.2, -0.15) is 0 Å². The highest BCUT2D eigenvalue weighted by molar-refractivity contribution is 14.1. The van der Waals surface area contributed by atoms with Gasteiger partial charge in [0.05, 0.1) is 0 Å². The monoisotopic (exact) mass is 215 g/mol. The molecule has 2 nitrogen and oxygen atoms in total. The number of alkyl halides is 1. The Hall–Kier alpha value is 0.650. The first kappa shape index (κ1) is 7.65. The first-order valence-corrected chi connectivity index (χ1v) is 3.81. The maximum Gasteiger partial charge on any atom is 0.113 e. The quantitative estimate of drug-likeness (QED) is 0.404. The molecule has 1 atom stereocenters. The number of aliphatic hydroxyl groups excluding tert-OH is 1. The molecule has 0 aromatic carbocycles.